The molecule has 1 saturated heterocycles. The molecule has 2 aliphatic rings. The van der Waals surface area contributed by atoms with Crippen LogP contribution in [0.3, 0.4) is 0 Å². The third-order valence-electron chi connectivity index (χ3n) is 6.23. The number of piperazine rings is 1. The maximum absolute atomic E-state index is 12.2. The topological polar surface area (TPSA) is 99.2 Å². The molecule has 2 N–H and O–H groups in total. The number of methoxy groups -OCH3 is 1. The van der Waals surface area contributed by atoms with E-state index in [4.69, 9.17) is 9.84 Å². The molecule has 2 heterocycles. The zero-order valence-electron chi connectivity index (χ0n) is 20.1. The van der Waals surface area contributed by atoms with Gasteiger partial charge in [-0.3, -0.25) is 14.5 Å². The zero-order chi connectivity index (χ0) is 25.5. The number of aromatic carboxylic acids is 1. The van der Waals surface area contributed by atoms with Gasteiger partial charge in [0.25, 0.3) is 11.8 Å². The second kappa shape index (κ2) is 11.5. The van der Waals surface area contributed by atoms with E-state index < -0.39 is 5.97 Å². The molecule has 1 fully saturated rings. The molecule has 3 aromatic carbocycles. The number of ether oxygens (including phenoxy) is 1. The molecule has 5 rings (SSSR count). The average Bonchev–Trinajstić information content (AvgIpc) is 3.17. The predicted molar refractivity (Wildman–Crippen MR) is 137 cm³/mol. The lowest BCUT2D eigenvalue weighted by Crippen LogP contribution is -2.43. The molecule has 0 saturated carbocycles. The normalized spacial score (nSPS) is 14.7. The molecule has 0 aromatic heterocycles. The van der Waals surface area contributed by atoms with E-state index in [9.17, 15) is 14.4 Å². The van der Waals surface area contributed by atoms with Crippen molar-refractivity contribution < 1.29 is 24.2 Å². The summed E-state index contributed by atoms with van der Waals surface area (Å²) in [5.74, 6) is -0.670. The molecular formula is C28H29N3O5. The lowest BCUT2D eigenvalue weighted by molar-refractivity contribution is 0.0651. The Morgan fingerprint density at radius 2 is 1.56 bits per heavy atom. The minimum absolute atomic E-state index is 0.194. The van der Waals surface area contributed by atoms with Crippen molar-refractivity contribution in [3.8, 4) is 5.75 Å². The van der Waals surface area contributed by atoms with E-state index in [1.54, 1.807) is 49.6 Å². The van der Waals surface area contributed by atoms with Crippen molar-refractivity contribution >= 4 is 23.5 Å². The number of benzene rings is 3. The van der Waals surface area contributed by atoms with Crippen molar-refractivity contribution in [1.29, 1.82) is 0 Å². The Bertz CT molecular complexity index is 1200. The summed E-state index contributed by atoms with van der Waals surface area (Å²) < 4.78 is 5.13. The van der Waals surface area contributed by atoms with Crippen molar-refractivity contribution in [2.24, 2.45) is 0 Å². The standard InChI is InChI=1S/C17H13NO4.C11H16N2O/c19-15-13-6-1-2-7-14(13)16(20)18(15)9-8-11-4-3-5-12(10-11)17(21)22;1-14-11-4-2-10(3-5-11)13-8-6-12-7-9-13/h1-7,10H,8-9H2,(H,21,22);2-5,12H,6-9H2,1H3. The molecule has 186 valence electrons. The first-order valence-electron chi connectivity index (χ1n) is 11.8. The van der Waals surface area contributed by atoms with Crippen molar-refractivity contribution in [2.75, 3.05) is 44.7 Å². The number of nitrogens with zero attached hydrogens (tertiary/aromatic N) is 2. The molecule has 8 heteroatoms. The van der Waals surface area contributed by atoms with Crippen LogP contribution in [0.25, 0.3) is 0 Å². The van der Waals surface area contributed by atoms with Gasteiger partial charge in [0.1, 0.15) is 5.75 Å². The van der Waals surface area contributed by atoms with E-state index in [2.05, 4.69) is 22.3 Å². The van der Waals surface area contributed by atoms with Gasteiger partial charge in [-0.2, -0.15) is 0 Å². The monoisotopic (exact) mass is 487 g/mol. The van der Waals surface area contributed by atoms with Gasteiger partial charge in [-0.05, 0) is 60.5 Å². The zero-order valence-corrected chi connectivity index (χ0v) is 20.1. The Kier molecular flexibility index (Phi) is 7.97. The molecule has 0 bridgehead atoms. The van der Waals surface area contributed by atoms with Crippen LogP contribution in [0.2, 0.25) is 0 Å². The van der Waals surface area contributed by atoms with E-state index >= 15 is 0 Å². The number of amides is 2. The van der Waals surface area contributed by atoms with Gasteiger partial charge in [0.2, 0.25) is 0 Å². The van der Waals surface area contributed by atoms with E-state index in [-0.39, 0.29) is 23.9 Å². The lowest BCUT2D eigenvalue weighted by Gasteiger charge is -2.29. The molecule has 0 unspecified atom stereocenters. The first kappa shape index (κ1) is 24.9. The van der Waals surface area contributed by atoms with Gasteiger partial charge in [-0.25, -0.2) is 4.79 Å². The molecule has 0 radical (unpaired) electrons. The van der Waals surface area contributed by atoms with Crippen molar-refractivity contribution in [3.63, 3.8) is 0 Å². The number of nitrogens with one attached hydrogen (secondary N) is 1. The highest BCUT2D eigenvalue weighted by Crippen LogP contribution is 2.23. The number of fused-ring (bicyclic) bond motifs is 1. The summed E-state index contributed by atoms with van der Waals surface area (Å²) in [5.41, 5.74) is 3.10. The van der Waals surface area contributed by atoms with Crippen molar-refractivity contribution in [3.05, 3.63) is 95.1 Å². The lowest BCUT2D eigenvalue weighted by atomic mass is 10.1. The van der Waals surface area contributed by atoms with Crippen LogP contribution < -0.4 is 15.0 Å². The molecular weight excluding hydrogens is 458 g/mol. The molecule has 2 amide bonds. The van der Waals surface area contributed by atoms with Crippen LogP contribution in [-0.2, 0) is 6.42 Å². The van der Waals surface area contributed by atoms with Crippen LogP contribution in [0.15, 0.2) is 72.8 Å². The third-order valence-corrected chi connectivity index (χ3v) is 6.23. The second-order valence-corrected chi connectivity index (χ2v) is 8.50. The number of imide groups is 1. The number of hydrogen-bond donors (Lipinski definition) is 2. The largest absolute Gasteiger partial charge is 0.497 e. The Hall–Kier alpha value is -4.17. The summed E-state index contributed by atoms with van der Waals surface area (Å²) in [6.07, 6.45) is 0.423. The van der Waals surface area contributed by atoms with E-state index in [0.717, 1.165) is 37.5 Å². The second-order valence-electron chi connectivity index (χ2n) is 8.50. The molecule has 3 aromatic rings. The SMILES string of the molecule is COc1ccc(N2CCNCC2)cc1.O=C(O)c1cccc(CCN2C(=O)c3ccccc3C2=O)c1. The van der Waals surface area contributed by atoms with Crippen LogP contribution in [-0.4, -0.2) is 67.6 Å². The number of carbonyl (C=O) groups excluding carboxylic acids is 2. The quantitative estimate of drug-likeness (QED) is 0.515. The minimum Gasteiger partial charge on any atom is -0.497 e. The maximum Gasteiger partial charge on any atom is 0.335 e. The van der Waals surface area contributed by atoms with Gasteiger partial charge in [0.15, 0.2) is 0 Å². The van der Waals surface area contributed by atoms with Gasteiger partial charge in [0, 0.05) is 38.4 Å². The molecule has 0 aliphatic carbocycles. The van der Waals surface area contributed by atoms with Gasteiger partial charge in [-0.1, -0.05) is 24.3 Å². The Labute approximate surface area is 210 Å². The summed E-state index contributed by atoms with van der Waals surface area (Å²) in [7, 11) is 1.69. The summed E-state index contributed by atoms with van der Waals surface area (Å²) in [4.78, 5) is 39.0. The summed E-state index contributed by atoms with van der Waals surface area (Å²) in [5, 5.41) is 12.3. The smallest absolute Gasteiger partial charge is 0.335 e. The number of carboxylic acids is 1. The van der Waals surface area contributed by atoms with Gasteiger partial charge in [-0.15, -0.1) is 0 Å². The average molecular weight is 488 g/mol. The Morgan fingerprint density at radius 3 is 2.14 bits per heavy atom. The molecule has 8 nitrogen and oxygen atoms in total. The maximum atomic E-state index is 12.2. The highest BCUT2D eigenvalue weighted by molar-refractivity contribution is 6.21. The number of anilines is 1. The van der Waals surface area contributed by atoms with Crippen LogP contribution in [0, 0.1) is 0 Å². The van der Waals surface area contributed by atoms with Gasteiger partial charge >= 0.3 is 5.97 Å². The molecule has 36 heavy (non-hydrogen) atoms. The first-order valence-corrected chi connectivity index (χ1v) is 11.8. The third kappa shape index (κ3) is 5.72. The molecule has 0 spiro atoms. The van der Waals surface area contributed by atoms with Crippen LogP contribution in [0.4, 0.5) is 5.69 Å². The van der Waals surface area contributed by atoms with E-state index in [0.29, 0.717) is 17.5 Å². The Morgan fingerprint density at radius 1 is 0.917 bits per heavy atom. The van der Waals surface area contributed by atoms with Gasteiger partial charge in [0.05, 0.1) is 23.8 Å². The highest BCUT2D eigenvalue weighted by atomic mass is 16.5. The van der Waals surface area contributed by atoms with Crippen molar-refractivity contribution in [1.82, 2.24) is 10.2 Å². The first-order chi connectivity index (χ1) is 17.5. The predicted octanol–water partition coefficient (Wildman–Crippen LogP) is 3.33. The number of carbonyl (C=O) groups is 3. The van der Waals surface area contributed by atoms with E-state index in [1.165, 1.54) is 16.7 Å². The van der Waals surface area contributed by atoms with Crippen LogP contribution in [0.1, 0.15) is 36.6 Å². The highest BCUT2D eigenvalue weighted by Gasteiger charge is 2.34. The Balaban J connectivity index is 0.000000187. The fraction of sp³-hybridized carbons (Fsp3) is 0.250. The van der Waals surface area contributed by atoms with Gasteiger partial charge < -0.3 is 20.1 Å². The van der Waals surface area contributed by atoms with Crippen LogP contribution >= 0.6 is 0 Å². The fourth-order valence-electron chi connectivity index (χ4n) is 4.26. The summed E-state index contributed by atoms with van der Waals surface area (Å²) >= 11 is 0. The molecule has 0 atom stereocenters. The van der Waals surface area contributed by atoms with Crippen LogP contribution in [0.5, 0.6) is 5.75 Å². The summed E-state index contributed by atoms with van der Waals surface area (Å²) in [6.45, 7) is 4.56. The number of hydrogen-bond acceptors (Lipinski definition) is 6. The van der Waals surface area contributed by atoms with Crippen molar-refractivity contribution in [2.45, 2.75) is 6.42 Å². The number of carboxylic acid groups (broad SMARTS) is 1. The fourth-order valence-corrected chi connectivity index (χ4v) is 4.26. The molecule has 2 aliphatic heterocycles. The number of rotatable bonds is 6. The van der Waals surface area contributed by atoms with E-state index in [1.807, 2.05) is 12.1 Å². The minimum atomic E-state index is -0.998. The summed E-state index contributed by atoms with van der Waals surface area (Å²) in [6, 6.07) is 21.5.